The van der Waals surface area contributed by atoms with Crippen LogP contribution in [0.1, 0.15) is 30.5 Å². The number of nitrogens with one attached hydrogen (secondary N) is 1. The highest BCUT2D eigenvalue weighted by Gasteiger charge is 2.19. The summed E-state index contributed by atoms with van der Waals surface area (Å²) in [6.07, 6.45) is 5.34. The van der Waals surface area contributed by atoms with E-state index in [9.17, 15) is 8.78 Å². The van der Waals surface area contributed by atoms with E-state index in [4.69, 9.17) is 0 Å². The molecule has 1 aromatic carbocycles. The molecule has 1 atom stereocenters. The summed E-state index contributed by atoms with van der Waals surface area (Å²) < 4.78 is 28.9. The molecule has 0 aliphatic rings. The third kappa shape index (κ3) is 3.89. The topological polar surface area (TPSA) is 29.9 Å². The van der Waals surface area contributed by atoms with E-state index in [2.05, 4.69) is 33.3 Å². The van der Waals surface area contributed by atoms with Gasteiger partial charge in [0.2, 0.25) is 0 Å². The van der Waals surface area contributed by atoms with Crippen LogP contribution in [0.25, 0.3) is 0 Å². The molecule has 0 saturated carbocycles. The Hall–Kier alpha value is -1.27. The Kier molecular flexibility index (Phi) is 5.47. The van der Waals surface area contributed by atoms with Gasteiger partial charge < -0.3 is 5.32 Å². The van der Waals surface area contributed by atoms with Crippen LogP contribution in [0.3, 0.4) is 0 Å². The van der Waals surface area contributed by atoms with E-state index in [1.165, 1.54) is 6.07 Å². The van der Waals surface area contributed by atoms with Crippen LogP contribution in [-0.4, -0.2) is 16.3 Å². The lowest BCUT2D eigenvalue weighted by molar-refractivity contribution is 0.487. The first kappa shape index (κ1) is 16.1. The quantitative estimate of drug-likeness (QED) is 0.798. The molecule has 3 nitrogen and oxygen atoms in total. The molecule has 0 fully saturated rings. The van der Waals surface area contributed by atoms with Crippen molar-refractivity contribution in [1.29, 1.82) is 0 Å². The fourth-order valence-corrected chi connectivity index (χ4v) is 2.83. The lowest BCUT2D eigenvalue weighted by Gasteiger charge is -2.20. The summed E-state index contributed by atoms with van der Waals surface area (Å²) in [7, 11) is 1.85. The number of hydrogen-bond acceptors (Lipinski definition) is 2. The SMILES string of the molecule is CCCNC(Cc1cnn(C)c1)c1ccc(F)c(F)c1Br. The predicted molar refractivity (Wildman–Crippen MR) is 82.0 cm³/mol. The largest absolute Gasteiger partial charge is 0.310 e. The van der Waals surface area contributed by atoms with Crippen LogP contribution in [0.15, 0.2) is 29.0 Å². The maximum absolute atomic E-state index is 13.8. The summed E-state index contributed by atoms with van der Waals surface area (Å²) in [5, 5.41) is 7.52. The van der Waals surface area contributed by atoms with Gasteiger partial charge in [0.1, 0.15) is 0 Å². The van der Waals surface area contributed by atoms with Crippen LogP contribution in [0.4, 0.5) is 8.78 Å². The molecular weight excluding hydrogens is 340 g/mol. The van der Waals surface area contributed by atoms with Gasteiger partial charge in [0.05, 0.1) is 10.7 Å². The lowest BCUT2D eigenvalue weighted by atomic mass is 10.00. The number of aromatic nitrogens is 2. The average molecular weight is 358 g/mol. The number of nitrogens with zero attached hydrogens (tertiary/aromatic N) is 2. The minimum atomic E-state index is -0.846. The monoisotopic (exact) mass is 357 g/mol. The molecule has 2 rings (SSSR count). The molecule has 0 amide bonds. The van der Waals surface area contributed by atoms with E-state index in [1.807, 2.05) is 13.2 Å². The predicted octanol–water partition coefficient (Wildman–Crippen LogP) is 3.74. The van der Waals surface area contributed by atoms with Gasteiger partial charge in [-0.1, -0.05) is 13.0 Å². The van der Waals surface area contributed by atoms with E-state index in [1.54, 1.807) is 16.9 Å². The third-order valence-electron chi connectivity index (χ3n) is 3.28. The first-order chi connectivity index (χ1) is 10.0. The minimum absolute atomic E-state index is 0.0985. The lowest BCUT2D eigenvalue weighted by Crippen LogP contribution is -2.24. The van der Waals surface area contributed by atoms with Crippen molar-refractivity contribution in [2.24, 2.45) is 7.05 Å². The van der Waals surface area contributed by atoms with E-state index < -0.39 is 11.6 Å². The summed E-state index contributed by atoms with van der Waals surface area (Å²) in [5.41, 5.74) is 1.76. The fourth-order valence-electron chi connectivity index (χ4n) is 2.23. The molecule has 1 aromatic heterocycles. The van der Waals surface area contributed by atoms with Crippen LogP contribution in [0.2, 0.25) is 0 Å². The van der Waals surface area contributed by atoms with E-state index >= 15 is 0 Å². The zero-order valence-electron chi connectivity index (χ0n) is 12.0. The van der Waals surface area contributed by atoms with Gasteiger partial charge >= 0.3 is 0 Å². The second-order valence-electron chi connectivity index (χ2n) is 5.00. The molecule has 0 aliphatic carbocycles. The smallest absolute Gasteiger partial charge is 0.173 e. The van der Waals surface area contributed by atoms with Crippen molar-refractivity contribution in [2.75, 3.05) is 6.54 Å². The van der Waals surface area contributed by atoms with Gasteiger partial charge in [-0.2, -0.15) is 5.10 Å². The number of halogens is 3. The fraction of sp³-hybridized carbons (Fsp3) is 0.400. The number of hydrogen-bond donors (Lipinski definition) is 1. The van der Waals surface area contributed by atoms with Crippen molar-refractivity contribution >= 4 is 15.9 Å². The average Bonchev–Trinajstić information content (AvgIpc) is 2.87. The van der Waals surface area contributed by atoms with Crippen molar-refractivity contribution in [1.82, 2.24) is 15.1 Å². The van der Waals surface area contributed by atoms with Gasteiger partial charge in [-0.15, -0.1) is 0 Å². The second-order valence-corrected chi connectivity index (χ2v) is 5.79. The van der Waals surface area contributed by atoms with E-state index in [-0.39, 0.29) is 10.5 Å². The molecule has 0 aliphatic heterocycles. The minimum Gasteiger partial charge on any atom is -0.310 e. The molecule has 21 heavy (non-hydrogen) atoms. The van der Waals surface area contributed by atoms with Gasteiger partial charge in [0.15, 0.2) is 11.6 Å². The highest BCUT2D eigenvalue weighted by molar-refractivity contribution is 9.10. The van der Waals surface area contributed by atoms with Crippen LogP contribution in [0, 0.1) is 11.6 Å². The molecule has 1 unspecified atom stereocenters. The molecular formula is C15H18BrF2N3. The summed E-state index contributed by atoms with van der Waals surface area (Å²) in [5.74, 6) is -1.69. The Morgan fingerprint density at radius 1 is 1.38 bits per heavy atom. The van der Waals surface area contributed by atoms with Crippen LogP contribution < -0.4 is 5.32 Å². The van der Waals surface area contributed by atoms with Crippen molar-refractivity contribution < 1.29 is 8.78 Å². The summed E-state index contributed by atoms with van der Waals surface area (Å²) >= 11 is 3.17. The Bertz CT molecular complexity index is 613. The molecule has 0 saturated heterocycles. The summed E-state index contributed by atoms with van der Waals surface area (Å²) in [4.78, 5) is 0. The molecule has 0 bridgehead atoms. The normalized spacial score (nSPS) is 12.6. The van der Waals surface area contributed by atoms with Gasteiger partial charge in [0.25, 0.3) is 0 Å². The van der Waals surface area contributed by atoms with E-state index in [0.29, 0.717) is 12.0 Å². The number of benzene rings is 1. The third-order valence-corrected chi connectivity index (χ3v) is 4.09. The first-order valence-corrected chi connectivity index (χ1v) is 7.66. The standard InChI is InChI=1S/C15H18BrF2N3/c1-3-6-19-13(7-10-8-20-21(2)9-10)11-4-5-12(17)15(18)14(11)16/h4-5,8-9,13,19H,3,6-7H2,1-2H3. The highest BCUT2D eigenvalue weighted by atomic mass is 79.9. The Morgan fingerprint density at radius 3 is 2.76 bits per heavy atom. The van der Waals surface area contributed by atoms with Crippen molar-refractivity contribution in [3.63, 3.8) is 0 Å². The van der Waals surface area contributed by atoms with Gasteiger partial charge in [0, 0.05) is 19.3 Å². The maximum Gasteiger partial charge on any atom is 0.173 e. The molecule has 6 heteroatoms. The number of rotatable bonds is 6. The molecule has 1 N–H and O–H groups in total. The summed E-state index contributed by atoms with van der Waals surface area (Å²) in [6, 6.07) is 2.68. The van der Waals surface area contributed by atoms with Crippen molar-refractivity contribution in [2.45, 2.75) is 25.8 Å². The Labute approximate surface area is 131 Å². The van der Waals surface area contributed by atoms with Crippen LogP contribution in [0.5, 0.6) is 0 Å². The van der Waals surface area contributed by atoms with Crippen LogP contribution >= 0.6 is 15.9 Å². The maximum atomic E-state index is 13.8. The number of aryl methyl sites for hydroxylation is 1. The van der Waals surface area contributed by atoms with Crippen molar-refractivity contribution in [3.8, 4) is 0 Å². The summed E-state index contributed by atoms with van der Waals surface area (Å²) in [6.45, 7) is 2.87. The Balaban J connectivity index is 2.29. The Morgan fingerprint density at radius 2 is 2.14 bits per heavy atom. The highest BCUT2D eigenvalue weighted by Crippen LogP contribution is 2.29. The van der Waals surface area contributed by atoms with Gasteiger partial charge in [-0.3, -0.25) is 4.68 Å². The van der Waals surface area contributed by atoms with Crippen molar-refractivity contribution in [3.05, 3.63) is 51.8 Å². The molecule has 2 aromatic rings. The van der Waals surface area contributed by atoms with E-state index in [0.717, 1.165) is 18.5 Å². The van der Waals surface area contributed by atoms with Gasteiger partial charge in [-0.25, -0.2) is 8.78 Å². The molecule has 114 valence electrons. The van der Waals surface area contributed by atoms with Crippen LogP contribution in [-0.2, 0) is 13.5 Å². The molecule has 0 radical (unpaired) electrons. The zero-order valence-corrected chi connectivity index (χ0v) is 13.6. The van der Waals surface area contributed by atoms with Gasteiger partial charge in [-0.05, 0) is 52.5 Å². The first-order valence-electron chi connectivity index (χ1n) is 6.87. The second kappa shape index (κ2) is 7.13. The molecule has 1 heterocycles. The molecule has 0 spiro atoms. The zero-order chi connectivity index (χ0) is 15.4.